The highest BCUT2D eigenvalue weighted by atomic mass is 79.9. The lowest BCUT2D eigenvalue weighted by molar-refractivity contribution is -0.113. The van der Waals surface area contributed by atoms with Gasteiger partial charge < -0.3 is 5.32 Å². The zero-order chi connectivity index (χ0) is 9.84. The average Bonchev–Trinajstić information content (AvgIpc) is 2.11. The number of nitrogens with zero attached hydrogens (tertiary/aromatic N) is 1. The van der Waals surface area contributed by atoms with Gasteiger partial charge in [0.15, 0.2) is 0 Å². The molecule has 13 heavy (non-hydrogen) atoms. The van der Waals surface area contributed by atoms with Crippen LogP contribution in [-0.4, -0.2) is 16.8 Å². The molecule has 1 aromatic heterocycles. The number of rotatable bonds is 2. The van der Waals surface area contributed by atoms with Crippen molar-refractivity contribution in [1.29, 1.82) is 0 Å². The summed E-state index contributed by atoms with van der Waals surface area (Å²) in [5, 5.41) is 2.99. The van der Waals surface area contributed by atoms with Crippen molar-refractivity contribution in [2.45, 2.75) is 0 Å². The monoisotopic (exact) mass is 282 g/mol. The number of hydrogen-bond acceptors (Lipinski definition) is 2. The molecule has 0 spiro atoms. The van der Waals surface area contributed by atoms with Crippen LogP contribution in [0, 0.1) is 0 Å². The van der Waals surface area contributed by atoms with Crippen LogP contribution in [0.1, 0.15) is 0 Å². The molecule has 3 nitrogen and oxygen atoms in total. The maximum Gasteiger partial charge on any atom is 0.239 e. The molecule has 0 aromatic carbocycles. The van der Waals surface area contributed by atoms with E-state index in [9.17, 15) is 4.79 Å². The Labute approximate surface area is 93.6 Å². The van der Waals surface area contributed by atoms with Crippen molar-refractivity contribution in [3.63, 3.8) is 0 Å². The summed E-state index contributed by atoms with van der Waals surface area (Å²) in [6.07, 6.45) is 1.47. The van der Waals surface area contributed by atoms with Crippen LogP contribution in [0.25, 0.3) is 0 Å². The van der Waals surface area contributed by atoms with E-state index in [1.165, 1.54) is 6.20 Å². The topological polar surface area (TPSA) is 42.0 Å². The summed E-state index contributed by atoms with van der Waals surface area (Å²) < 4.78 is 0.523. The molecule has 0 fully saturated rings. The van der Waals surface area contributed by atoms with E-state index in [-0.39, 0.29) is 11.8 Å². The highest BCUT2D eigenvalue weighted by molar-refractivity contribution is 9.10. The number of carbonyl (C=O) groups is 1. The Morgan fingerprint density at radius 3 is 3.00 bits per heavy atom. The number of carbonyl (C=O) groups excluding carboxylic acids is 1. The first-order chi connectivity index (χ1) is 6.13. The Morgan fingerprint density at radius 2 is 2.38 bits per heavy atom. The van der Waals surface area contributed by atoms with Gasteiger partial charge in [-0.3, -0.25) is 4.79 Å². The maximum atomic E-state index is 10.9. The standard InChI is InChI=1S/C7H5BrCl2N2O/c8-7-5(12-6(13)2-9)1-4(10)3-11-7/h1,3H,2H2,(H,12,13). The highest BCUT2D eigenvalue weighted by Gasteiger charge is 2.05. The molecule has 0 bridgehead atoms. The summed E-state index contributed by atoms with van der Waals surface area (Å²) >= 11 is 14.1. The van der Waals surface area contributed by atoms with E-state index in [0.717, 1.165) is 0 Å². The smallest absolute Gasteiger partial charge is 0.239 e. The van der Waals surface area contributed by atoms with Crippen molar-refractivity contribution in [1.82, 2.24) is 4.98 Å². The van der Waals surface area contributed by atoms with Crippen LogP contribution in [0.3, 0.4) is 0 Å². The Morgan fingerprint density at radius 1 is 1.69 bits per heavy atom. The number of nitrogens with one attached hydrogen (secondary N) is 1. The van der Waals surface area contributed by atoms with E-state index in [0.29, 0.717) is 15.3 Å². The highest BCUT2D eigenvalue weighted by Crippen LogP contribution is 2.22. The largest absolute Gasteiger partial charge is 0.323 e. The van der Waals surface area contributed by atoms with Gasteiger partial charge in [-0.1, -0.05) is 11.6 Å². The quantitative estimate of drug-likeness (QED) is 0.670. The molecule has 0 saturated carbocycles. The summed E-state index contributed by atoms with van der Waals surface area (Å²) in [6, 6.07) is 1.59. The van der Waals surface area contributed by atoms with E-state index in [4.69, 9.17) is 23.2 Å². The molecular weight excluding hydrogens is 279 g/mol. The minimum atomic E-state index is -0.300. The van der Waals surface area contributed by atoms with Gasteiger partial charge in [-0.25, -0.2) is 4.98 Å². The normalized spacial score (nSPS) is 9.77. The number of pyridine rings is 1. The van der Waals surface area contributed by atoms with Crippen LogP contribution < -0.4 is 5.32 Å². The summed E-state index contributed by atoms with van der Waals surface area (Å²) in [4.78, 5) is 14.8. The molecule has 70 valence electrons. The fourth-order valence-corrected chi connectivity index (χ4v) is 1.23. The van der Waals surface area contributed by atoms with Gasteiger partial charge in [-0.05, 0) is 22.0 Å². The fraction of sp³-hybridized carbons (Fsp3) is 0.143. The summed E-state index contributed by atoms with van der Waals surface area (Å²) in [5.41, 5.74) is 0.512. The number of anilines is 1. The van der Waals surface area contributed by atoms with Crippen molar-refractivity contribution in [3.05, 3.63) is 21.9 Å². The number of halogens is 3. The predicted molar refractivity (Wildman–Crippen MR) is 56.3 cm³/mol. The van der Waals surface area contributed by atoms with E-state index >= 15 is 0 Å². The van der Waals surface area contributed by atoms with Gasteiger partial charge in [0.2, 0.25) is 5.91 Å². The molecular formula is C7H5BrCl2N2O. The molecule has 0 atom stereocenters. The van der Waals surface area contributed by atoms with Crippen molar-refractivity contribution in [2.75, 3.05) is 11.2 Å². The first kappa shape index (κ1) is 10.8. The Balaban J connectivity index is 2.87. The molecule has 0 aliphatic heterocycles. The van der Waals surface area contributed by atoms with Gasteiger partial charge in [-0.15, -0.1) is 11.6 Å². The van der Waals surface area contributed by atoms with Gasteiger partial charge in [-0.2, -0.15) is 0 Å². The van der Waals surface area contributed by atoms with E-state index in [2.05, 4.69) is 26.2 Å². The van der Waals surface area contributed by atoms with Crippen LogP contribution in [0.4, 0.5) is 5.69 Å². The van der Waals surface area contributed by atoms with Gasteiger partial charge in [0.25, 0.3) is 0 Å². The van der Waals surface area contributed by atoms with Crippen molar-refractivity contribution in [3.8, 4) is 0 Å². The van der Waals surface area contributed by atoms with E-state index in [1.54, 1.807) is 6.07 Å². The van der Waals surface area contributed by atoms with Crippen LogP contribution in [0.2, 0.25) is 5.02 Å². The lowest BCUT2D eigenvalue weighted by Gasteiger charge is -2.04. The van der Waals surface area contributed by atoms with Crippen molar-refractivity contribution >= 4 is 50.7 Å². The minimum absolute atomic E-state index is 0.0983. The summed E-state index contributed by atoms with van der Waals surface area (Å²) in [6.45, 7) is 0. The molecule has 0 aliphatic rings. The van der Waals surface area contributed by atoms with Crippen LogP contribution in [0.5, 0.6) is 0 Å². The second-order valence-electron chi connectivity index (χ2n) is 2.17. The van der Waals surface area contributed by atoms with Crippen molar-refractivity contribution < 1.29 is 4.79 Å². The third-order valence-corrected chi connectivity index (χ3v) is 2.28. The third kappa shape index (κ3) is 3.14. The van der Waals surface area contributed by atoms with Crippen LogP contribution >= 0.6 is 39.1 Å². The number of aromatic nitrogens is 1. The van der Waals surface area contributed by atoms with Crippen LogP contribution in [-0.2, 0) is 4.79 Å². The SMILES string of the molecule is O=C(CCl)Nc1cc(Cl)cnc1Br. The Kier molecular flexibility index (Phi) is 3.96. The first-order valence-corrected chi connectivity index (χ1v) is 5.01. The lowest BCUT2D eigenvalue weighted by atomic mass is 10.4. The number of alkyl halides is 1. The zero-order valence-corrected chi connectivity index (χ0v) is 9.45. The molecule has 1 rings (SSSR count). The second kappa shape index (κ2) is 4.79. The first-order valence-electron chi connectivity index (χ1n) is 3.30. The Hall–Kier alpha value is -0.320. The second-order valence-corrected chi connectivity index (χ2v) is 3.63. The molecule has 1 amide bonds. The molecule has 0 aliphatic carbocycles. The molecule has 0 saturated heterocycles. The van der Waals surface area contributed by atoms with E-state index < -0.39 is 0 Å². The fourth-order valence-electron chi connectivity index (χ4n) is 0.694. The molecule has 1 N–H and O–H groups in total. The Bertz CT molecular complexity index is 332. The van der Waals surface area contributed by atoms with Crippen LogP contribution in [0.15, 0.2) is 16.9 Å². The van der Waals surface area contributed by atoms with Gasteiger partial charge in [0.05, 0.1) is 10.7 Å². The summed E-state index contributed by atoms with van der Waals surface area (Å²) in [5.74, 6) is -0.398. The number of hydrogen-bond donors (Lipinski definition) is 1. The molecule has 6 heteroatoms. The molecule has 0 radical (unpaired) electrons. The zero-order valence-electron chi connectivity index (χ0n) is 6.35. The number of amides is 1. The average molecular weight is 284 g/mol. The lowest BCUT2D eigenvalue weighted by Crippen LogP contribution is -2.13. The van der Waals surface area contributed by atoms with Gasteiger partial charge in [0, 0.05) is 6.20 Å². The summed E-state index contributed by atoms with van der Waals surface area (Å²) in [7, 11) is 0. The van der Waals surface area contributed by atoms with E-state index in [1.807, 2.05) is 0 Å². The van der Waals surface area contributed by atoms with Crippen molar-refractivity contribution in [2.24, 2.45) is 0 Å². The molecule has 0 unspecified atom stereocenters. The predicted octanol–water partition coefficient (Wildman–Crippen LogP) is 2.67. The third-order valence-electron chi connectivity index (χ3n) is 1.20. The maximum absolute atomic E-state index is 10.9. The molecule has 1 aromatic rings. The van der Waals surface area contributed by atoms with Gasteiger partial charge in [0.1, 0.15) is 10.5 Å². The van der Waals surface area contributed by atoms with Gasteiger partial charge >= 0.3 is 0 Å². The minimum Gasteiger partial charge on any atom is -0.323 e. The molecule has 1 heterocycles.